The molecule has 110 valence electrons. The topological polar surface area (TPSA) is 34.1 Å². The monoisotopic (exact) mass is 300 g/mol. The van der Waals surface area contributed by atoms with E-state index in [4.69, 9.17) is 0 Å². The number of benzene rings is 2. The summed E-state index contributed by atoms with van der Waals surface area (Å²) >= 11 is 0. The molecule has 2 aromatic rings. The maximum Gasteiger partial charge on any atom is 0.139 e. The average Bonchev–Trinajstić information content (AvgIpc) is 2.47. The first kappa shape index (κ1) is 15.6. The molecule has 0 aliphatic carbocycles. The van der Waals surface area contributed by atoms with Gasteiger partial charge in [0, 0.05) is 22.1 Å². The van der Waals surface area contributed by atoms with Gasteiger partial charge in [-0.1, -0.05) is 49.7 Å². The predicted octanol–water partition coefficient (Wildman–Crippen LogP) is 3.93. The Labute approximate surface area is 128 Å². The molecule has 3 heteroatoms. The van der Waals surface area contributed by atoms with E-state index in [0.717, 1.165) is 20.9 Å². The Morgan fingerprint density at radius 1 is 1.05 bits per heavy atom. The molecule has 0 heterocycles. The Kier molecular flexibility index (Phi) is 5.07. The van der Waals surface area contributed by atoms with Crippen LogP contribution in [-0.2, 0) is 22.0 Å². The number of carbonyl (C=O) groups excluding carboxylic acids is 1. The second-order valence-corrected chi connectivity index (χ2v) is 6.94. The Morgan fingerprint density at radius 2 is 1.67 bits per heavy atom. The molecule has 0 amide bonds. The van der Waals surface area contributed by atoms with Gasteiger partial charge in [-0.05, 0) is 30.7 Å². The maximum atomic E-state index is 12.7. The quantitative estimate of drug-likeness (QED) is 0.838. The Hall–Kier alpha value is -1.74. The molecular weight excluding hydrogens is 280 g/mol. The third-order valence-electron chi connectivity index (χ3n) is 3.42. The zero-order valence-corrected chi connectivity index (χ0v) is 13.4. The van der Waals surface area contributed by atoms with Gasteiger partial charge < -0.3 is 0 Å². The molecule has 0 saturated carbocycles. The van der Waals surface area contributed by atoms with E-state index < -0.39 is 10.8 Å². The fraction of sp³-hybridized carbons (Fsp3) is 0.278. The van der Waals surface area contributed by atoms with E-state index in [1.807, 2.05) is 69.3 Å². The van der Waals surface area contributed by atoms with Gasteiger partial charge in [-0.25, -0.2) is 4.21 Å². The molecule has 2 aromatic carbocycles. The van der Waals surface area contributed by atoms with Crippen LogP contribution < -0.4 is 0 Å². The molecule has 2 rings (SSSR count). The molecule has 0 unspecified atom stereocenters. The molecule has 2 nitrogen and oxygen atoms in total. The van der Waals surface area contributed by atoms with Gasteiger partial charge in [0.1, 0.15) is 5.78 Å². The van der Waals surface area contributed by atoms with E-state index in [0.29, 0.717) is 6.42 Å². The minimum Gasteiger partial charge on any atom is -0.299 e. The van der Waals surface area contributed by atoms with Gasteiger partial charge in [0.2, 0.25) is 0 Å². The van der Waals surface area contributed by atoms with Crippen LogP contribution >= 0.6 is 0 Å². The van der Waals surface area contributed by atoms with E-state index in [2.05, 4.69) is 0 Å². The number of hydrogen-bond donors (Lipinski definition) is 0. The van der Waals surface area contributed by atoms with Crippen molar-refractivity contribution < 1.29 is 9.00 Å². The second kappa shape index (κ2) is 6.81. The summed E-state index contributed by atoms with van der Waals surface area (Å²) in [5.41, 5.74) is 1.99. The SMILES string of the molecule is Cc1ccc([S@](=O)c2ccccc2CC(=O)C(C)C)cc1. The van der Waals surface area contributed by atoms with E-state index >= 15 is 0 Å². The van der Waals surface area contributed by atoms with Crippen LogP contribution in [0.3, 0.4) is 0 Å². The Balaban J connectivity index is 2.33. The molecule has 0 fully saturated rings. The van der Waals surface area contributed by atoms with Crippen molar-refractivity contribution in [1.82, 2.24) is 0 Å². The highest BCUT2D eigenvalue weighted by atomic mass is 32.2. The number of Topliss-reactive ketones (excluding diaryl/α,β-unsaturated/α-hetero) is 1. The van der Waals surface area contributed by atoms with Gasteiger partial charge in [-0.15, -0.1) is 0 Å². The summed E-state index contributed by atoms with van der Waals surface area (Å²) in [4.78, 5) is 13.5. The van der Waals surface area contributed by atoms with Crippen molar-refractivity contribution in [3.8, 4) is 0 Å². The molecule has 0 bridgehead atoms. The fourth-order valence-electron chi connectivity index (χ4n) is 2.01. The van der Waals surface area contributed by atoms with Gasteiger partial charge in [0.15, 0.2) is 0 Å². The van der Waals surface area contributed by atoms with Crippen molar-refractivity contribution >= 4 is 16.6 Å². The molecule has 0 aromatic heterocycles. The third-order valence-corrected chi connectivity index (χ3v) is 4.91. The van der Waals surface area contributed by atoms with Gasteiger partial charge in [-0.2, -0.15) is 0 Å². The molecule has 0 aliphatic heterocycles. The lowest BCUT2D eigenvalue weighted by atomic mass is 10.0. The number of aryl methyl sites for hydroxylation is 1. The average molecular weight is 300 g/mol. The Morgan fingerprint density at radius 3 is 2.29 bits per heavy atom. The second-order valence-electron chi connectivity index (χ2n) is 5.49. The van der Waals surface area contributed by atoms with Crippen LogP contribution in [0.2, 0.25) is 0 Å². The van der Waals surface area contributed by atoms with Crippen molar-refractivity contribution in [3.05, 3.63) is 59.7 Å². The highest BCUT2D eigenvalue weighted by Gasteiger charge is 2.15. The molecule has 0 saturated heterocycles. The van der Waals surface area contributed by atoms with Gasteiger partial charge in [-0.3, -0.25) is 4.79 Å². The largest absolute Gasteiger partial charge is 0.299 e. The molecule has 0 aliphatic rings. The highest BCUT2D eigenvalue weighted by Crippen LogP contribution is 2.22. The van der Waals surface area contributed by atoms with Gasteiger partial charge in [0.05, 0.1) is 10.8 Å². The number of carbonyl (C=O) groups is 1. The first-order chi connectivity index (χ1) is 9.99. The minimum atomic E-state index is -1.25. The van der Waals surface area contributed by atoms with Gasteiger partial charge >= 0.3 is 0 Å². The van der Waals surface area contributed by atoms with Crippen molar-refractivity contribution in [2.45, 2.75) is 37.0 Å². The fourth-order valence-corrected chi connectivity index (χ4v) is 3.23. The summed E-state index contributed by atoms with van der Waals surface area (Å²) in [7, 11) is -1.25. The summed E-state index contributed by atoms with van der Waals surface area (Å²) in [6.07, 6.45) is 0.339. The lowest BCUT2D eigenvalue weighted by Crippen LogP contribution is -2.12. The van der Waals surface area contributed by atoms with Crippen LogP contribution in [0.5, 0.6) is 0 Å². The summed E-state index contributed by atoms with van der Waals surface area (Å²) in [5, 5.41) is 0. The zero-order valence-electron chi connectivity index (χ0n) is 12.6. The first-order valence-electron chi connectivity index (χ1n) is 7.08. The smallest absolute Gasteiger partial charge is 0.139 e. The number of rotatable bonds is 5. The van der Waals surface area contributed by atoms with Crippen LogP contribution in [-0.4, -0.2) is 9.99 Å². The molecule has 0 radical (unpaired) electrons. The van der Waals surface area contributed by atoms with E-state index in [1.165, 1.54) is 0 Å². The normalized spacial score (nSPS) is 12.4. The number of hydrogen-bond acceptors (Lipinski definition) is 2. The zero-order chi connectivity index (χ0) is 15.4. The van der Waals surface area contributed by atoms with Crippen molar-refractivity contribution in [2.75, 3.05) is 0 Å². The highest BCUT2D eigenvalue weighted by molar-refractivity contribution is 7.85. The van der Waals surface area contributed by atoms with Crippen LogP contribution in [0, 0.1) is 12.8 Å². The van der Waals surface area contributed by atoms with Crippen molar-refractivity contribution in [2.24, 2.45) is 5.92 Å². The van der Waals surface area contributed by atoms with Crippen LogP contribution in [0.25, 0.3) is 0 Å². The molecule has 0 spiro atoms. The summed E-state index contributed by atoms with van der Waals surface area (Å²) in [6, 6.07) is 15.2. The third kappa shape index (κ3) is 3.88. The standard InChI is InChI=1S/C18H20O2S/c1-13(2)17(19)12-15-6-4-5-7-18(15)21(20)16-10-8-14(3)9-11-16/h4-11,13H,12H2,1-3H3/t21-/m0/s1. The predicted molar refractivity (Wildman–Crippen MR) is 85.8 cm³/mol. The maximum absolute atomic E-state index is 12.7. The summed E-state index contributed by atoms with van der Waals surface area (Å²) in [5.74, 6) is 0.161. The van der Waals surface area contributed by atoms with Crippen LogP contribution in [0.15, 0.2) is 58.3 Å². The van der Waals surface area contributed by atoms with Crippen molar-refractivity contribution in [3.63, 3.8) is 0 Å². The molecule has 21 heavy (non-hydrogen) atoms. The van der Waals surface area contributed by atoms with Crippen molar-refractivity contribution in [1.29, 1.82) is 0 Å². The molecule has 1 atom stereocenters. The summed E-state index contributed by atoms with van der Waals surface area (Å²) in [6.45, 7) is 5.78. The molecule has 0 N–H and O–H groups in total. The lowest BCUT2D eigenvalue weighted by Gasteiger charge is -2.10. The van der Waals surface area contributed by atoms with E-state index in [9.17, 15) is 9.00 Å². The van der Waals surface area contributed by atoms with Gasteiger partial charge in [0.25, 0.3) is 0 Å². The minimum absolute atomic E-state index is 0.00846. The summed E-state index contributed by atoms with van der Waals surface area (Å²) < 4.78 is 12.7. The van der Waals surface area contributed by atoms with E-state index in [1.54, 1.807) is 0 Å². The molecular formula is C18H20O2S. The van der Waals surface area contributed by atoms with Crippen LogP contribution in [0.4, 0.5) is 0 Å². The number of ketones is 1. The van der Waals surface area contributed by atoms with Crippen LogP contribution in [0.1, 0.15) is 25.0 Å². The first-order valence-corrected chi connectivity index (χ1v) is 8.23. The lowest BCUT2D eigenvalue weighted by molar-refractivity contribution is -0.121. The Bertz CT molecular complexity index is 657. The van der Waals surface area contributed by atoms with E-state index in [-0.39, 0.29) is 11.7 Å².